The summed E-state index contributed by atoms with van der Waals surface area (Å²) in [6, 6.07) is 20.1. The summed E-state index contributed by atoms with van der Waals surface area (Å²) >= 11 is 0. The molecule has 1 aromatic heterocycles. The predicted molar refractivity (Wildman–Crippen MR) is 174 cm³/mol. The van der Waals surface area contributed by atoms with E-state index >= 15 is 0 Å². The number of piperidine rings is 1. The van der Waals surface area contributed by atoms with Crippen LogP contribution in [0.15, 0.2) is 66.7 Å². The van der Waals surface area contributed by atoms with Gasteiger partial charge in [0.1, 0.15) is 12.3 Å². The van der Waals surface area contributed by atoms with Crippen LogP contribution in [0.25, 0.3) is 10.9 Å². The van der Waals surface area contributed by atoms with Gasteiger partial charge < -0.3 is 34.9 Å². The molecular weight excluding hydrogens is 595 g/mol. The first-order chi connectivity index (χ1) is 22.2. The molecule has 46 heavy (non-hydrogen) atoms. The number of hydrogen-bond donors (Lipinski definition) is 3. The summed E-state index contributed by atoms with van der Waals surface area (Å²) in [5, 5.41) is 9.72. The van der Waals surface area contributed by atoms with E-state index in [2.05, 4.69) is 44.8 Å². The van der Waals surface area contributed by atoms with E-state index in [4.69, 9.17) is 9.47 Å². The number of alkyl halides is 3. The van der Waals surface area contributed by atoms with Gasteiger partial charge in [-0.05, 0) is 79.4 Å². The Balaban J connectivity index is 1.20. The van der Waals surface area contributed by atoms with Gasteiger partial charge in [-0.25, -0.2) is 0 Å². The molecule has 240 valence electrons. The number of benzene rings is 3. The van der Waals surface area contributed by atoms with Crippen LogP contribution in [0.2, 0.25) is 0 Å². The topological polar surface area (TPSA) is 79.8 Å². The Labute approximate surface area is 265 Å². The molecule has 2 fully saturated rings. The number of hydrogen-bond acceptors (Lipinski definition) is 6. The maximum absolute atomic E-state index is 13.7. The Bertz CT molecular complexity index is 1780. The van der Waals surface area contributed by atoms with Gasteiger partial charge in [0.05, 0.1) is 43.8 Å². The third kappa shape index (κ3) is 6.72. The molecule has 6 rings (SSSR count). The van der Waals surface area contributed by atoms with Crippen molar-refractivity contribution in [2.45, 2.75) is 25.6 Å². The Morgan fingerprint density at radius 1 is 1.02 bits per heavy atom. The molecule has 0 saturated carbocycles. The number of amides is 1. The van der Waals surface area contributed by atoms with Crippen LogP contribution in [0.3, 0.4) is 0 Å². The second kappa shape index (κ2) is 12.9. The molecule has 0 bridgehead atoms. The lowest BCUT2D eigenvalue weighted by atomic mass is 9.77. The summed E-state index contributed by atoms with van der Waals surface area (Å²) in [7, 11) is 3.03. The summed E-state index contributed by atoms with van der Waals surface area (Å²) in [5.74, 6) is 6.07. The summed E-state index contributed by atoms with van der Waals surface area (Å²) in [5.41, 5.74) is 4.79. The number of carbonyl (C=O) groups excluding carboxylic acids is 1. The first kappa shape index (κ1) is 31.2. The zero-order chi connectivity index (χ0) is 32.3. The molecule has 1 spiro atoms. The number of carbonyl (C=O) groups is 1. The van der Waals surface area contributed by atoms with Gasteiger partial charge in [0.25, 0.3) is 5.91 Å². The van der Waals surface area contributed by atoms with E-state index in [-0.39, 0.29) is 18.1 Å². The van der Waals surface area contributed by atoms with Gasteiger partial charge in [0, 0.05) is 53.6 Å². The van der Waals surface area contributed by atoms with Crippen LogP contribution in [0.5, 0.6) is 5.75 Å². The van der Waals surface area contributed by atoms with Gasteiger partial charge in [0.2, 0.25) is 0 Å². The third-order valence-corrected chi connectivity index (χ3v) is 8.71. The minimum Gasteiger partial charge on any atom is -0.495 e. The zero-order valence-corrected chi connectivity index (χ0v) is 25.8. The van der Waals surface area contributed by atoms with Crippen molar-refractivity contribution in [1.29, 1.82) is 0 Å². The van der Waals surface area contributed by atoms with Gasteiger partial charge in [-0.15, -0.1) is 0 Å². The molecule has 3 aromatic carbocycles. The highest BCUT2D eigenvalue weighted by Gasteiger charge is 2.41. The molecule has 2 aliphatic rings. The number of aromatic nitrogens is 1. The molecular formula is C35H36F3N5O3. The van der Waals surface area contributed by atoms with Crippen molar-refractivity contribution in [3.63, 3.8) is 0 Å². The van der Waals surface area contributed by atoms with Crippen molar-refractivity contribution >= 4 is 39.6 Å². The summed E-state index contributed by atoms with van der Waals surface area (Å²) < 4.78 is 53.1. The average Bonchev–Trinajstić information content (AvgIpc) is 3.38. The van der Waals surface area contributed by atoms with E-state index in [1.54, 1.807) is 43.4 Å². The van der Waals surface area contributed by atoms with Crippen molar-refractivity contribution in [3.8, 4) is 17.6 Å². The smallest absolute Gasteiger partial charge is 0.406 e. The van der Waals surface area contributed by atoms with E-state index < -0.39 is 12.7 Å². The minimum absolute atomic E-state index is 0.145. The highest BCUT2D eigenvalue weighted by Crippen LogP contribution is 2.40. The maximum atomic E-state index is 13.7. The number of nitrogens with one attached hydrogen (secondary N) is 3. The first-order valence-electron chi connectivity index (χ1n) is 15.2. The lowest BCUT2D eigenvalue weighted by Crippen LogP contribution is -2.50. The fraction of sp³-hybridized carbons (Fsp3) is 0.343. The molecule has 8 nitrogen and oxygen atoms in total. The average molecular weight is 632 g/mol. The molecule has 2 saturated heterocycles. The fourth-order valence-corrected chi connectivity index (χ4v) is 6.07. The molecule has 0 aliphatic carbocycles. The monoisotopic (exact) mass is 631 g/mol. The van der Waals surface area contributed by atoms with E-state index in [0.29, 0.717) is 39.0 Å². The van der Waals surface area contributed by atoms with Crippen molar-refractivity contribution in [1.82, 2.24) is 9.88 Å². The van der Waals surface area contributed by atoms with E-state index in [1.807, 2.05) is 18.2 Å². The third-order valence-electron chi connectivity index (χ3n) is 8.71. The second-order valence-corrected chi connectivity index (χ2v) is 11.8. The first-order valence-corrected chi connectivity index (χ1v) is 15.2. The molecule has 0 radical (unpaired) electrons. The number of nitrogens with zero attached hydrogens (tertiary/aromatic N) is 2. The molecule has 0 atom stereocenters. The van der Waals surface area contributed by atoms with Gasteiger partial charge in [-0.3, -0.25) is 4.79 Å². The standard InChI is InChI=1S/C35H36F3N5O3/c1-39-33(44)24-8-13-30(32(19-24)45-2)40-16-4-5-27-20-28-29(6-3-7-31(28)43(27)21-35(36,37)38)41-25-9-11-26(12-10-25)42-17-14-34(15-18-42)22-46-23-34/h3,6-13,19-20,40-41H,14-18,21-23H2,1-2H3,(H,39,44). The SMILES string of the molecule is CNC(=O)c1ccc(NCC#Cc2cc3c(Nc4ccc(N5CCC6(CC5)COC6)cc4)cccc3n2CC(F)(F)F)c(OC)c1. The van der Waals surface area contributed by atoms with Crippen molar-refractivity contribution in [2.24, 2.45) is 5.41 Å². The van der Waals surface area contributed by atoms with Crippen molar-refractivity contribution < 1.29 is 27.4 Å². The van der Waals surface area contributed by atoms with Crippen LogP contribution >= 0.6 is 0 Å². The Morgan fingerprint density at radius 2 is 1.78 bits per heavy atom. The highest BCUT2D eigenvalue weighted by molar-refractivity contribution is 5.96. The van der Waals surface area contributed by atoms with Crippen molar-refractivity contribution in [2.75, 3.05) is 62.5 Å². The Kier molecular flexibility index (Phi) is 8.73. The molecule has 2 aliphatic heterocycles. The lowest BCUT2D eigenvalue weighted by molar-refractivity contribution is -0.140. The number of ether oxygens (including phenoxy) is 2. The number of fused-ring (bicyclic) bond motifs is 1. The van der Waals surface area contributed by atoms with Crippen LogP contribution in [0.4, 0.5) is 35.9 Å². The molecule has 11 heteroatoms. The maximum Gasteiger partial charge on any atom is 0.406 e. The summed E-state index contributed by atoms with van der Waals surface area (Å²) in [6.07, 6.45) is -2.17. The second-order valence-electron chi connectivity index (χ2n) is 11.8. The number of rotatable bonds is 8. The molecule has 0 unspecified atom stereocenters. The van der Waals surface area contributed by atoms with Crippen LogP contribution in [0.1, 0.15) is 28.9 Å². The van der Waals surface area contributed by atoms with Gasteiger partial charge in [-0.2, -0.15) is 13.2 Å². The molecule has 4 aromatic rings. The normalized spacial score (nSPS) is 15.5. The zero-order valence-electron chi connectivity index (χ0n) is 25.8. The highest BCUT2D eigenvalue weighted by atomic mass is 19.4. The number of methoxy groups -OCH3 is 1. The Morgan fingerprint density at radius 3 is 2.43 bits per heavy atom. The number of anilines is 4. The Hall–Kier alpha value is -4.82. The van der Waals surface area contributed by atoms with Crippen LogP contribution in [-0.2, 0) is 11.3 Å². The lowest BCUT2D eigenvalue weighted by Gasteiger charge is -2.47. The van der Waals surface area contributed by atoms with Gasteiger partial charge in [-0.1, -0.05) is 12.0 Å². The minimum atomic E-state index is -4.43. The summed E-state index contributed by atoms with van der Waals surface area (Å²) in [4.78, 5) is 14.3. The van der Waals surface area contributed by atoms with E-state index in [9.17, 15) is 18.0 Å². The van der Waals surface area contributed by atoms with Gasteiger partial charge >= 0.3 is 6.18 Å². The molecule has 3 N–H and O–H groups in total. The van der Waals surface area contributed by atoms with E-state index in [1.165, 1.54) is 11.7 Å². The predicted octanol–water partition coefficient (Wildman–Crippen LogP) is 6.40. The van der Waals surface area contributed by atoms with Crippen LogP contribution < -0.4 is 25.6 Å². The number of halogens is 3. The van der Waals surface area contributed by atoms with Gasteiger partial charge in [0.15, 0.2) is 0 Å². The quantitative estimate of drug-likeness (QED) is 0.196. The van der Waals surface area contributed by atoms with Crippen LogP contribution in [-0.4, -0.2) is 63.7 Å². The molecule has 3 heterocycles. The summed E-state index contributed by atoms with van der Waals surface area (Å²) in [6.45, 7) is 2.72. The largest absolute Gasteiger partial charge is 0.495 e. The molecule has 1 amide bonds. The fourth-order valence-electron chi connectivity index (χ4n) is 6.07. The van der Waals surface area contributed by atoms with E-state index in [0.717, 1.165) is 50.5 Å². The van der Waals surface area contributed by atoms with Crippen LogP contribution in [0, 0.1) is 17.3 Å². The van der Waals surface area contributed by atoms with Crippen molar-refractivity contribution in [3.05, 3.63) is 78.0 Å².